The lowest BCUT2D eigenvalue weighted by Gasteiger charge is -2.28. The molecule has 0 amide bonds. The third-order valence-electron chi connectivity index (χ3n) is 3.11. The minimum atomic E-state index is 0.398. The molecule has 0 aromatic carbocycles. The summed E-state index contributed by atoms with van der Waals surface area (Å²) >= 11 is 0. The zero-order chi connectivity index (χ0) is 13.1. The fourth-order valence-corrected chi connectivity index (χ4v) is 2.16. The fraction of sp³-hybridized carbons (Fsp3) is 1.00. The van der Waals surface area contributed by atoms with Gasteiger partial charge < -0.3 is 10.1 Å². The van der Waals surface area contributed by atoms with Crippen LogP contribution in [-0.2, 0) is 4.74 Å². The van der Waals surface area contributed by atoms with Crippen LogP contribution in [0.5, 0.6) is 0 Å². The van der Waals surface area contributed by atoms with Gasteiger partial charge in [0, 0.05) is 12.6 Å². The van der Waals surface area contributed by atoms with Crippen LogP contribution in [-0.4, -0.2) is 25.3 Å². The Morgan fingerprint density at radius 3 is 2.12 bits per heavy atom. The van der Waals surface area contributed by atoms with Gasteiger partial charge in [-0.25, -0.2) is 0 Å². The summed E-state index contributed by atoms with van der Waals surface area (Å²) < 4.78 is 5.91. The molecule has 0 saturated heterocycles. The van der Waals surface area contributed by atoms with Crippen molar-refractivity contribution < 1.29 is 4.74 Å². The average Bonchev–Trinajstić information content (AvgIpc) is 2.29. The monoisotopic (exact) mass is 243 g/mol. The van der Waals surface area contributed by atoms with E-state index in [-0.39, 0.29) is 0 Å². The Balaban J connectivity index is 4.25. The lowest BCUT2D eigenvalue weighted by molar-refractivity contribution is 0.0246. The van der Waals surface area contributed by atoms with Gasteiger partial charge in [0.25, 0.3) is 0 Å². The molecule has 2 atom stereocenters. The zero-order valence-electron chi connectivity index (χ0n) is 12.6. The Kier molecular flexibility index (Phi) is 11.0. The molecular weight excluding hydrogens is 210 g/mol. The first kappa shape index (κ1) is 16.9. The molecular formula is C15H33NO. The molecule has 0 aromatic heterocycles. The van der Waals surface area contributed by atoms with E-state index in [0.29, 0.717) is 12.1 Å². The molecule has 0 aliphatic carbocycles. The Labute approximate surface area is 109 Å². The van der Waals surface area contributed by atoms with Gasteiger partial charge in [-0.05, 0) is 45.1 Å². The molecule has 1 N–H and O–H groups in total. The lowest BCUT2D eigenvalue weighted by Crippen LogP contribution is -2.42. The van der Waals surface area contributed by atoms with Crippen LogP contribution >= 0.6 is 0 Å². The van der Waals surface area contributed by atoms with Gasteiger partial charge in [-0.2, -0.15) is 0 Å². The van der Waals surface area contributed by atoms with Gasteiger partial charge in [-0.15, -0.1) is 0 Å². The summed E-state index contributed by atoms with van der Waals surface area (Å²) in [4.78, 5) is 0. The van der Waals surface area contributed by atoms with Crippen LogP contribution < -0.4 is 5.32 Å². The maximum Gasteiger partial charge on any atom is 0.0727 e. The number of nitrogens with one attached hydrogen (secondary N) is 1. The van der Waals surface area contributed by atoms with E-state index < -0.39 is 0 Å². The minimum Gasteiger partial charge on any atom is -0.377 e. The van der Waals surface area contributed by atoms with E-state index in [1.807, 2.05) is 0 Å². The molecule has 0 aliphatic rings. The van der Waals surface area contributed by atoms with Crippen LogP contribution in [0.2, 0.25) is 0 Å². The molecule has 0 rings (SSSR count). The molecule has 0 spiro atoms. The molecule has 0 saturated carbocycles. The molecule has 17 heavy (non-hydrogen) atoms. The van der Waals surface area contributed by atoms with Gasteiger partial charge in [0.1, 0.15) is 0 Å². The summed E-state index contributed by atoms with van der Waals surface area (Å²) in [7, 11) is 0. The number of ether oxygens (including phenoxy) is 1. The molecule has 0 heterocycles. The molecule has 0 radical (unpaired) electrons. The van der Waals surface area contributed by atoms with Crippen LogP contribution in [0.1, 0.15) is 66.7 Å². The maximum absolute atomic E-state index is 5.91. The quantitative estimate of drug-likeness (QED) is 0.592. The maximum atomic E-state index is 5.91. The van der Waals surface area contributed by atoms with Crippen LogP contribution in [0.3, 0.4) is 0 Å². The molecule has 2 nitrogen and oxygen atoms in total. The second kappa shape index (κ2) is 11.0. The Hall–Kier alpha value is -0.0800. The standard InChI is InChI=1S/C15H33NO/c1-6-9-15(17-8-3)14(16-12-7-2)11-10-13(4)5/h13-16H,6-12H2,1-5H3. The van der Waals surface area contributed by atoms with E-state index in [1.54, 1.807) is 0 Å². The minimum absolute atomic E-state index is 0.398. The van der Waals surface area contributed by atoms with Gasteiger partial charge in [0.05, 0.1) is 6.10 Å². The van der Waals surface area contributed by atoms with Crippen molar-refractivity contribution in [1.29, 1.82) is 0 Å². The Morgan fingerprint density at radius 1 is 0.941 bits per heavy atom. The second-order valence-corrected chi connectivity index (χ2v) is 5.31. The van der Waals surface area contributed by atoms with E-state index in [2.05, 4.69) is 39.9 Å². The number of hydrogen-bond donors (Lipinski definition) is 1. The average molecular weight is 243 g/mol. The van der Waals surface area contributed by atoms with Crippen LogP contribution in [0.25, 0.3) is 0 Å². The highest BCUT2D eigenvalue weighted by molar-refractivity contribution is 4.77. The topological polar surface area (TPSA) is 21.3 Å². The van der Waals surface area contributed by atoms with Crippen LogP contribution in [0.15, 0.2) is 0 Å². The Morgan fingerprint density at radius 2 is 1.65 bits per heavy atom. The predicted molar refractivity (Wildman–Crippen MR) is 76.5 cm³/mol. The molecule has 104 valence electrons. The second-order valence-electron chi connectivity index (χ2n) is 5.31. The van der Waals surface area contributed by atoms with E-state index in [4.69, 9.17) is 4.74 Å². The zero-order valence-corrected chi connectivity index (χ0v) is 12.6. The van der Waals surface area contributed by atoms with Crippen molar-refractivity contribution in [3.63, 3.8) is 0 Å². The molecule has 2 heteroatoms. The van der Waals surface area contributed by atoms with Gasteiger partial charge in [0.15, 0.2) is 0 Å². The van der Waals surface area contributed by atoms with Crippen LogP contribution in [0.4, 0.5) is 0 Å². The van der Waals surface area contributed by atoms with Gasteiger partial charge >= 0.3 is 0 Å². The van der Waals surface area contributed by atoms with Gasteiger partial charge in [0.2, 0.25) is 0 Å². The predicted octanol–water partition coefficient (Wildman–Crippen LogP) is 4.00. The van der Waals surface area contributed by atoms with Gasteiger partial charge in [-0.1, -0.05) is 34.1 Å². The van der Waals surface area contributed by atoms with Crippen molar-refractivity contribution in [1.82, 2.24) is 5.32 Å². The van der Waals surface area contributed by atoms with Crippen molar-refractivity contribution in [3.05, 3.63) is 0 Å². The summed E-state index contributed by atoms with van der Waals surface area (Å²) in [5, 5.41) is 3.67. The summed E-state index contributed by atoms with van der Waals surface area (Å²) in [6.45, 7) is 13.1. The van der Waals surface area contributed by atoms with E-state index >= 15 is 0 Å². The van der Waals surface area contributed by atoms with Crippen molar-refractivity contribution in [2.75, 3.05) is 13.2 Å². The molecule has 0 bridgehead atoms. The molecule has 0 aromatic rings. The summed E-state index contributed by atoms with van der Waals surface area (Å²) in [5.74, 6) is 0.782. The van der Waals surface area contributed by atoms with Gasteiger partial charge in [-0.3, -0.25) is 0 Å². The van der Waals surface area contributed by atoms with Crippen molar-refractivity contribution in [2.24, 2.45) is 5.92 Å². The van der Waals surface area contributed by atoms with Crippen molar-refractivity contribution in [3.8, 4) is 0 Å². The summed E-state index contributed by atoms with van der Waals surface area (Å²) in [5.41, 5.74) is 0. The fourth-order valence-electron chi connectivity index (χ4n) is 2.16. The lowest BCUT2D eigenvalue weighted by atomic mass is 9.97. The largest absolute Gasteiger partial charge is 0.377 e. The van der Waals surface area contributed by atoms with Crippen LogP contribution in [0, 0.1) is 5.92 Å². The first-order valence-corrected chi connectivity index (χ1v) is 7.50. The molecule has 0 fully saturated rings. The third-order valence-corrected chi connectivity index (χ3v) is 3.11. The third kappa shape index (κ3) is 8.62. The Bertz CT molecular complexity index is 153. The first-order chi connectivity index (χ1) is 8.15. The van der Waals surface area contributed by atoms with E-state index in [0.717, 1.165) is 19.1 Å². The molecule has 0 aliphatic heterocycles. The SMILES string of the molecule is CCCNC(CCC(C)C)C(CCC)OCC. The normalized spacial score (nSPS) is 15.2. The summed E-state index contributed by atoms with van der Waals surface area (Å²) in [6.07, 6.45) is 6.50. The highest BCUT2D eigenvalue weighted by atomic mass is 16.5. The smallest absolute Gasteiger partial charge is 0.0727 e. The number of rotatable bonds is 11. The van der Waals surface area contributed by atoms with Crippen molar-refractivity contribution >= 4 is 0 Å². The van der Waals surface area contributed by atoms with Crippen molar-refractivity contribution in [2.45, 2.75) is 78.9 Å². The van der Waals surface area contributed by atoms with E-state index in [9.17, 15) is 0 Å². The summed E-state index contributed by atoms with van der Waals surface area (Å²) in [6, 6.07) is 0.539. The molecule has 2 unspecified atom stereocenters. The highest BCUT2D eigenvalue weighted by Gasteiger charge is 2.20. The first-order valence-electron chi connectivity index (χ1n) is 7.50. The number of hydrogen-bond acceptors (Lipinski definition) is 2. The highest BCUT2D eigenvalue weighted by Crippen LogP contribution is 2.15. The van der Waals surface area contributed by atoms with E-state index in [1.165, 1.54) is 32.1 Å².